The highest BCUT2D eigenvalue weighted by atomic mass is 32.3. The quantitative estimate of drug-likeness (QED) is 0.173. The first-order valence-electron chi connectivity index (χ1n) is 14.0. The number of carbonyl (C=O) groups excluding carboxylic acids is 1. The Balaban J connectivity index is 1.63. The lowest BCUT2D eigenvalue weighted by atomic mass is 9.69. The number of benzene rings is 2. The number of Topliss-reactive ketones (excluding diaryl/α,β-unsaturated/α-hetero) is 1. The van der Waals surface area contributed by atoms with Gasteiger partial charge in [-0.1, -0.05) is 61.9 Å². The summed E-state index contributed by atoms with van der Waals surface area (Å²) in [6, 6.07) is 15.1. The smallest absolute Gasteiger partial charge is 0.229 e. The number of sulfonamides is 1. The molecule has 44 heavy (non-hydrogen) atoms. The van der Waals surface area contributed by atoms with Crippen LogP contribution in [0.4, 0.5) is 11.4 Å². The van der Waals surface area contributed by atoms with Crippen LogP contribution in [0.25, 0.3) is 5.76 Å². The van der Waals surface area contributed by atoms with E-state index in [0.717, 1.165) is 17.5 Å². The van der Waals surface area contributed by atoms with Crippen LogP contribution in [0, 0.1) is 12.3 Å². The van der Waals surface area contributed by atoms with Gasteiger partial charge in [0.05, 0.1) is 17.6 Å². The highest BCUT2D eigenvalue weighted by Gasteiger charge is 2.49. The molecule has 0 saturated carbocycles. The Bertz CT molecular complexity index is 1800. The fraction of sp³-hybridized carbons (Fsp3) is 0.323. The van der Waals surface area contributed by atoms with Crippen molar-refractivity contribution in [3.63, 3.8) is 0 Å². The van der Waals surface area contributed by atoms with Crippen LogP contribution in [-0.4, -0.2) is 45.5 Å². The summed E-state index contributed by atoms with van der Waals surface area (Å²) >= 11 is 0. The van der Waals surface area contributed by atoms with Crippen LogP contribution in [0.5, 0.6) is 0 Å². The van der Waals surface area contributed by atoms with Crippen molar-refractivity contribution in [3.05, 3.63) is 88.8 Å². The van der Waals surface area contributed by atoms with Crippen LogP contribution in [0.1, 0.15) is 56.0 Å². The number of hydrogen-bond donors (Lipinski definition) is 6. The van der Waals surface area contributed by atoms with E-state index in [0.29, 0.717) is 30.5 Å². The van der Waals surface area contributed by atoms with Gasteiger partial charge in [-0.3, -0.25) is 28.9 Å². The van der Waals surface area contributed by atoms with Crippen molar-refractivity contribution in [2.75, 3.05) is 16.3 Å². The molecular weight excluding hydrogens is 603 g/mol. The second-order valence-electron chi connectivity index (χ2n) is 12.4. The van der Waals surface area contributed by atoms with Gasteiger partial charge in [-0.05, 0) is 60.6 Å². The van der Waals surface area contributed by atoms with Gasteiger partial charge in [-0.2, -0.15) is 0 Å². The first-order chi connectivity index (χ1) is 20.5. The summed E-state index contributed by atoms with van der Waals surface area (Å²) in [6.07, 6.45) is 3.76. The number of hydrogen-bond acceptors (Lipinski definition) is 10. The molecule has 0 radical (unpaired) electrons. The zero-order valence-electron chi connectivity index (χ0n) is 25.2. The third-order valence-corrected chi connectivity index (χ3v) is 9.57. The van der Waals surface area contributed by atoms with E-state index >= 15 is 0 Å². The Morgan fingerprint density at radius 1 is 1.07 bits per heavy atom. The van der Waals surface area contributed by atoms with Gasteiger partial charge in [0.25, 0.3) is 0 Å². The number of anilines is 2. The average molecular weight is 640 g/mol. The number of amidine groups is 1. The summed E-state index contributed by atoms with van der Waals surface area (Å²) in [5.41, 5.74) is 1.47. The van der Waals surface area contributed by atoms with Crippen molar-refractivity contribution >= 4 is 49.6 Å². The second kappa shape index (κ2) is 11.3. The molecule has 1 atom stereocenters. The molecule has 1 aliphatic carbocycles. The summed E-state index contributed by atoms with van der Waals surface area (Å²) in [7, 11) is -7.54. The van der Waals surface area contributed by atoms with E-state index < -0.39 is 32.1 Å². The molecule has 2 aromatic carbocycles. The highest BCUT2D eigenvalue weighted by molar-refractivity contribution is 8.23. The SMILES string of the molecule is Cc1ccc(CNC2(CCC(C)(C)C)C(=O)C(C3=NS(O)(O)c4cc(NS(C)(=O)=O)ccc4N3)=C(O)c3ccccc32)cn1. The van der Waals surface area contributed by atoms with E-state index in [-0.39, 0.29) is 38.9 Å². The molecule has 1 aromatic heterocycles. The fourth-order valence-corrected chi connectivity index (χ4v) is 7.10. The fourth-order valence-electron chi connectivity index (χ4n) is 5.35. The standard InChI is InChI=1S/C31H37N5O6S2/c1-19-10-11-20(17-32-19)18-33-31(15-14-30(2,3)4)23-9-7-6-8-22(23)27(37)26(28(31)38)29-34-24-13-12-21(35-43(5,39)40)16-25(24)44(41,42)36-29/h6-13,16-17,33,35,37,41-42H,14-15,18H2,1-5H3,(H,34,36). The molecular formula is C31H37N5O6S2. The molecule has 13 heteroatoms. The minimum Gasteiger partial charge on any atom is -0.506 e. The first-order valence-corrected chi connectivity index (χ1v) is 17.4. The van der Waals surface area contributed by atoms with Gasteiger partial charge < -0.3 is 10.4 Å². The Labute approximate surface area is 259 Å². The summed E-state index contributed by atoms with van der Waals surface area (Å²) < 4.78 is 52.2. The topological polar surface area (TPSA) is 173 Å². The molecule has 3 aromatic rings. The molecule has 0 fully saturated rings. The normalized spacial score (nSPS) is 20.2. The van der Waals surface area contributed by atoms with Crippen LogP contribution in [-0.2, 0) is 26.9 Å². The van der Waals surface area contributed by atoms with Gasteiger partial charge >= 0.3 is 0 Å². The predicted molar refractivity (Wildman–Crippen MR) is 174 cm³/mol. The summed E-state index contributed by atoms with van der Waals surface area (Å²) in [5.74, 6) is -1.01. The largest absolute Gasteiger partial charge is 0.506 e. The number of aliphatic hydroxyl groups excluding tert-OH is 1. The van der Waals surface area contributed by atoms with Crippen LogP contribution in [0.3, 0.4) is 0 Å². The predicted octanol–water partition coefficient (Wildman–Crippen LogP) is 5.97. The summed E-state index contributed by atoms with van der Waals surface area (Å²) in [6.45, 7) is 8.46. The maximum atomic E-state index is 14.8. The van der Waals surface area contributed by atoms with Gasteiger partial charge in [0.1, 0.15) is 21.8 Å². The van der Waals surface area contributed by atoms with E-state index in [1.807, 2.05) is 31.2 Å². The van der Waals surface area contributed by atoms with Crippen LogP contribution in [0.15, 0.2) is 75.7 Å². The molecule has 2 aliphatic rings. The van der Waals surface area contributed by atoms with E-state index in [2.05, 4.69) is 45.5 Å². The molecule has 0 amide bonds. The van der Waals surface area contributed by atoms with Gasteiger partial charge in [0.15, 0.2) is 11.6 Å². The minimum absolute atomic E-state index is 0.0531. The number of aryl methyl sites for hydroxylation is 1. The zero-order valence-corrected chi connectivity index (χ0v) is 26.8. The molecule has 1 aliphatic heterocycles. The number of nitrogens with one attached hydrogen (secondary N) is 3. The maximum Gasteiger partial charge on any atom is 0.229 e. The lowest BCUT2D eigenvalue weighted by Gasteiger charge is -2.42. The van der Waals surface area contributed by atoms with Gasteiger partial charge in [0.2, 0.25) is 10.0 Å². The number of carbonyl (C=O) groups is 1. The van der Waals surface area contributed by atoms with Gasteiger partial charge in [0, 0.05) is 24.0 Å². The molecule has 234 valence electrons. The number of nitrogens with zero attached hydrogens (tertiary/aromatic N) is 2. The third kappa shape index (κ3) is 6.37. The van der Waals surface area contributed by atoms with E-state index in [1.54, 1.807) is 18.3 Å². The molecule has 1 unspecified atom stereocenters. The zero-order chi connectivity index (χ0) is 32.1. The van der Waals surface area contributed by atoms with Crippen molar-refractivity contribution in [1.29, 1.82) is 0 Å². The third-order valence-electron chi connectivity index (χ3n) is 7.60. The monoisotopic (exact) mass is 639 g/mol. The van der Waals surface area contributed by atoms with Crippen molar-refractivity contribution in [1.82, 2.24) is 10.3 Å². The van der Waals surface area contributed by atoms with Crippen molar-refractivity contribution in [2.24, 2.45) is 9.81 Å². The van der Waals surface area contributed by atoms with Crippen molar-refractivity contribution in [2.45, 2.75) is 57.5 Å². The Morgan fingerprint density at radius 2 is 1.80 bits per heavy atom. The molecule has 2 heterocycles. The van der Waals surface area contributed by atoms with Crippen LogP contribution in [0.2, 0.25) is 0 Å². The Hall–Kier alpha value is -3.75. The molecule has 0 saturated heterocycles. The summed E-state index contributed by atoms with van der Waals surface area (Å²) in [4.78, 5) is 19.1. The van der Waals surface area contributed by atoms with E-state index in [1.165, 1.54) is 18.2 Å². The minimum atomic E-state index is -3.91. The number of pyridine rings is 1. The molecule has 0 spiro atoms. The number of ketones is 1. The Morgan fingerprint density at radius 3 is 2.45 bits per heavy atom. The lowest BCUT2D eigenvalue weighted by Crippen LogP contribution is -2.53. The lowest BCUT2D eigenvalue weighted by molar-refractivity contribution is -0.122. The molecule has 0 bridgehead atoms. The number of rotatable bonds is 8. The highest BCUT2D eigenvalue weighted by Crippen LogP contribution is 2.57. The maximum absolute atomic E-state index is 14.8. The second-order valence-corrected chi connectivity index (χ2v) is 15.8. The summed E-state index contributed by atoms with van der Waals surface area (Å²) in [5, 5.41) is 18.1. The number of aromatic nitrogens is 1. The number of fused-ring (bicyclic) bond motifs is 2. The van der Waals surface area contributed by atoms with Crippen LogP contribution < -0.4 is 15.4 Å². The first kappa shape index (κ1) is 31.7. The van der Waals surface area contributed by atoms with E-state index in [4.69, 9.17) is 0 Å². The number of aliphatic hydroxyl groups is 1. The average Bonchev–Trinajstić information content (AvgIpc) is 2.92. The van der Waals surface area contributed by atoms with Gasteiger partial charge in [-0.15, -0.1) is 4.40 Å². The molecule has 6 N–H and O–H groups in total. The van der Waals surface area contributed by atoms with Gasteiger partial charge in [-0.25, -0.2) is 8.42 Å². The van der Waals surface area contributed by atoms with Crippen molar-refractivity contribution in [3.8, 4) is 0 Å². The van der Waals surface area contributed by atoms with Crippen LogP contribution >= 0.6 is 10.8 Å². The molecule has 11 nitrogen and oxygen atoms in total. The molecule has 5 rings (SSSR count). The Kier molecular flexibility index (Phi) is 8.14. The van der Waals surface area contributed by atoms with E-state index in [9.17, 15) is 27.4 Å². The van der Waals surface area contributed by atoms with Crippen molar-refractivity contribution < 1.29 is 27.4 Å².